The summed E-state index contributed by atoms with van der Waals surface area (Å²) in [6.07, 6.45) is 6.18. The van der Waals surface area contributed by atoms with Crippen molar-refractivity contribution < 1.29 is 4.74 Å². The molecule has 20 heavy (non-hydrogen) atoms. The van der Waals surface area contributed by atoms with Crippen molar-refractivity contribution in [3.63, 3.8) is 0 Å². The number of hydrogen-bond acceptors (Lipinski definition) is 2. The van der Waals surface area contributed by atoms with Crippen molar-refractivity contribution in [3.05, 3.63) is 28.3 Å². The Labute approximate surface area is 134 Å². The first-order valence-corrected chi connectivity index (χ1v) is 9.02. The van der Waals surface area contributed by atoms with Gasteiger partial charge in [0.25, 0.3) is 0 Å². The quantitative estimate of drug-likeness (QED) is 0.723. The smallest absolute Gasteiger partial charge is 0.127 e. The molecule has 0 spiro atoms. The highest BCUT2D eigenvalue weighted by Gasteiger charge is 2.26. The second kappa shape index (κ2) is 6.67. The molecule has 2 nitrogen and oxygen atoms in total. The highest BCUT2D eigenvalue weighted by molar-refractivity contribution is 9.09. The van der Waals surface area contributed by atoms with Crippen LogP contribution in [-0.2, 0) is 13.0 Å². The molecule has 0 saturated carbocycles. The van der Waals surface area contributed by atoms with Crippen LogP contribution in [-0.4, -0.2) is 29.4 Å². The van der Waals surface area contributed by atoms with Crippen molar-refractivity contribution >= 4 is 27.5 Å². The number of rotatable bonds is 5. The van der Waals surface area contributed by atoms with Gasteiger partial charge in [-0.15, -0.1) is 0 Å². The summed E-state index contributed by atoms with van der Waals surface area (Å²) in [6, 6.07) is 4.87. The van der Waals surface area contributed by atoms with E-state index in [4.69, 9.17) is 16.3 Å². The molecule has 1 aromatic rings. The molecule has 0 bridgehead atoms. The van der Waals surface area contributed by atoms with E-state index in [9.17, 15) is 0 Å². The molecule has 1 fully saturated rings. The number of nitrogens with zero attached hydrogens (tertiary/aromatic N) is 1. The summed E-state index contributed by atoms with van der Waals surface area (Å²) in [6.45, 7) is 2.99. The second-order valence-electron chi connectivity index (χ2n) is 5.75. The van der Waals surface area contributed by atoms with Gasteiger partial charge in [-0.2, -0.15) is 0 Å². The van der Waals surface area contributed by atoms with E-state index >= 15 is 0 Å². The first-order chi connectivity index (χ1) is 9.78. The Balaban J connectivity index is 1.74. The van der Waals surface area contributed by atoms with Crippen molar-refractivity contribution in [1.29, 1.82) is 0 Å². The molecule has 1 unspecified atom stereocenters. The molecule has 0 amide bonds. The predicted molar refractivity (Wildman–Crippen MR) is 87.1 cm³/mol. The van der Waals surface area contributed by atoms with Crippen molar-refractivity contribution in [1.82, 2.24) is 4.90 Å². The fourth-order valence-electron chi connectivity index (χ4n) is 3.43. The number of alkyl halides is 1. The highest BCUT2D eigenvalue weighted by atomic mass is 79.9. The lowest BCUT2D eigenvalue weighted by Gasteiger charge is -2.25. The van der Waals surface area contributed by atoms with Crippen LogP contribution in [0.15, 0.2) is 12.1 Å². The van der Waals surface area contributed by atoms with Crippen molar-refractivity contribution in [2.75, 3.05) is 18.5 Å². The Kier molecular flexibility index (Phi) is 4.90. The van der Waals surface area contributed by atoms with Crippen LogP contribution >= 0.6 is 27.5 Å². The summed E-state index contributed by atoms with van der Waals surface area (Å²) < 4.78 is 5.82. The first kappa shape index (κ1) is 14.7. The molecule has 1 atom stereocenters. The molecule has 0 N–H and O–H groups in total. The van der Waals surface area contributed by atoms with Crippen LogP contribution in [0.25, 0.3) is 0 Å². The van der Waals surface area contributed by atoms with E-state index in [0.717, 1.165) is 41.7 Å². The standard InChI is InChI=1S/C16H21BrClNO/c17-6-1-3-15-4-2-7-19(15)11-13-10-14(18)9-12-5-8-20-16(12)13/h9-10,15H,1-8,11H2. The van der Waals surface area contributed by atoms with Crippen LogP contribution in [0.4, 0.5) is 0 Å². The molecule has 0 aliphatic carbocycles. The summed E-state index contributed by atoms with van der Waals surface area (Å²) in [5.74, 6) is 1.10. The van der Waals surface area contributed by atoms with Crippen LogP contribution in [0, 0.1) is 0 Å². The largest absolute Gasteiger partial charge is 0.493 e. The number of fused-ring (bicyclic) bond motifs is 1. The number of halogens is 2. The van der Waals surface area contributed by atoms with E-state index in [1.807, 2.05) is 0 Å². The summed E-state index contributed by atoms with van der Waals surface area (Å²) in [5, 5.41) is 1.95. The van der Waals surface area contributed by atoms with E-state index in [1.165, 1.54) is 43.4 Å². The van der Waals surface area contributed by atoms with Gasteiger partial charge in [-0.25, -0.2) is 0 Å². The summed E-state index contributed by atoms with van der Waals surface area (Å²) in [5.41, 5.74) is 2.56. The molecule has 0 radical (unpaired) electrons. The average molecular weight is 359 g/mol. The average Bonchev–Trinajstić information content (AvgIpc) is 3.05. The maximum absolute atomic E-state index is 6.25. The summed E-state index contributed by atoms with van der Waals surface area (Å²) in [4.78, 5) is 2.61. The minimum atomic E-state index is 0.726. The second-order valence-corrected chi connectivity index (χ2v) is 6.98. The molecular weight excluding hydrogens is 338 g/mol. The maximum atomic E-state index is 6.25. The van der Waals surface area contributed by atoms with Crippen LogP contribution in [0.5, 0.6) is 5.75 Å². The zero-order chi connectivity index (χ0) is 13.9. The van der Waals surface area contributed by atoms with Gasteiger partial charge in [0.2, 0.25) is 0 Å². The number of hydrogen-bond donors (Lipinski definition) is 0. The molecular formula is C16H21BrClNO. The summed E-state index contributed by atoms with van der Waals surface area (Å²) >= 11 is 9.79. The van der Waals surface area contributed by atoms with Gasteiger partial charge in [-0.3, -0.25) is 4.90 Å². The Morgan fingerprint density at radius 3 is 3.15 bits per heavy atom. The number of ether oxygens (including phenoxy) is 1. The minimum absolute atomic E-state index is 0.726. The van der Waals surface area contributed by atoms with Crippen LogP contribution in [0.3, 0.4) is 0 Å². The fourth-order valence-corrected chi connectivity index (χ4v) is 4.01. The lowest BCUT2D eigenvalue weighted by atomic mass is 10.1. The molecule has 110 valence electrons. The third-order valence-corrected chi connectivity index (χ3v) is 5.15. The molecule has 1 aromatic carbocycles. The van der Waals surface area contributed by atoms with Gasteiger partial charge in [0.1, 0.15) is 5.75 Å². The van der Waals surface area contributed by atoms with E-state index in [-0.39, 0.29) is 0 Å². The van der Waals surface area contributed by atoms with Gasteiger partial charge < -0.3 is 4.74 Å². The monoisotopic (exact) mass is 357 g/mol. The SMILES string of the molecule is Clc1cc2c(c(CN3CCCC3CCCBr)c1)OCC2. The van der Waals surface area contributed by atoms with E-state index < -0.39 is 0 Å². The number of likely N-dealkylation sites (tertiary alicyclic amines) is 1. The lowest BCUT2D eigenvalue weighted by molar-refractivity contribution is 0.230. The Hall–Kier alpha value is -0.250. The van der Waals surface area contributed by atoms with Crippen molar-refractivity contribution in [3.8, 4) is 5.75 Å². The number of benzene rings is 1. The van der Waals surface area contributed by atoms with Crippen LogP contribution in [0.1, 0.15) is 36.8 Å². The van der Waals surface area contributed by atoms with Gasteiger partial charge in [0, 0.05) is 34.9 Å². The molecule has 4 heteroatoms. The zero-order valence-electron chi connectivity index (χ0n) is 11.7. The lowest BCUT2D eigenvalue weighted by Crippen LogP contribution is -2.29. The molecule has 1 saturated heterocycles. The molecule has 0 aromatic heterocycles. The van der Waals surface area contributed by atoms with Gasteiger partial charge in [0.15, 0.2) is 0 Å². The Morgan fingerprint density at radius 2 is 2.30 bits per heavy atom. The van der Waals surface area contributed by atoms with Crippen molar-refractivity contribution in [2.24, 2.45) is 0 Å². The predicted octanol–water partition coefficient (Wildman–Crippen LogP) is 4.41. The molecule has 2 aliphatic heterocycles. The first-order valence-electron chi connectivity index (χ1n) is 7.52. The van der Waals surface area contributed by atoms with Crippen LogP contribution < -0.4 is 4.74 Å². The Bertz CT molecular complexity index is 480. The minimum Gasteiger partial charge on any atom is -0.493 e. The van der Waals surface area contributed by atoms with Gasteiger partial charge in [-0.05, 0) is 49.9 Å². The third-order valence-electron chi connectivity index (χ3n) is 4.37. The van der Waals surface area contributed by atoms with Gasteiger partial charge >= 0.3 is 0 Å². The maximum Gasteiger partial charge on any atom is 0.127 e. The fraction of sp³-hybridized carbons (Fsp3) is 0.625. The normalized spacial score (nSPS) is 22.0. The molecule has 2 heterocycles. The van der Waals surface area contributed by atoms with Crippen LogP contribution in [0.2, 0.25) is 5.02 Å². The highest BCUT2D eigenvalue weighted by Crippen LogP contribution is 2.35. The van der Waals surface area contributed by atoms with E-state index in [2.05, 4.69) is 33.0 Å². The van der Waals surface area contributed by atoms with Crippen molar-refractivity contribution in [2.45, 2.75) is 44.7 Å². The molecule has 2 aliphatic rings. The zero-order valence-corrected chi connectivity index (χ0v) is 14.0. The van der Waals surface area contributed by atoms with E-state index in [1.54, 1.807) is 0 Å². The topological polar surface area (TPSA) is 12.5 Å². The van der Waals surface area contributed by atoms with E-state index in [0.29, 0.717) is 0 Å². The third kappa shape index (κ3) is 3.15. The van der Waals surface area contributed by atoms with Gasteiger partial charge in [-0.1, -0.05) is 27.5 Å². The Morgan fingerprint density at radius 1 is 1.40 bits per heavy atom. The molecule has 3 rings (SSSR count). The summed E-state index contributed by atoms with van der Waals surface area (Å²) in [7, 11) is 0. The van der Waals surface area contributed by atoms with Gasteiger partial charge in [0.05, 0.1) is 6.61 Å².